The number of ether oxygens (including phenoxy) is 1. The van der Waals surface area contributed by atoms with Gasteiger partial charge in [-0.3, -0.25) is 14.4 Å². The molecule has 2 aliphatic heterocycles. The Morgan fingerprint density at radius 2 is 1.90 bits per heavy atom. The normalized spacial score (nSPS) is 20.3. The molecule has 2 atom stereocenters. The van der Waals surface area contributed by atoms with Gasteiger partial charge in [0.25, 0.3) is 11.8 Å². The molecule has 1 fully saturated rings. The number of amides is 2. The van der Waals surface area contributed by atoms with Crippen molar-refractivity contribution in [1.82, 2.24) is 14.8 Å². The second kappa shape index (κ2) is 7.73. The molecule has 2 aliphatic rings. The van der Waals surface area contributed by atoms with E-state index in [9.17, 15) is 32.7 Å². The summed E-state index contributed by atoms with van der Waals surface area (Å²) in [5, 5.41) is 12.6. The number of rotatable bonds is 3. The minimum absolute atomic E-state index is 0.233. The first-order valence-corrected chi connectivity index (χ1v) is 9.45. The standard InChI is InChI=1S/C20H18F3N3O5/c1-25-15-8-31-3-2-14(15)26-7-11(17(27)18(28)16(26)20(25)30)19(29)24-6-10-12(22)4-9(21)5-13(10)23/h4-5,7,14-15,28H,2-3,6,8H2,1H3,(H,24,29)/t14-,15-/m1/s1. The molecule has 164 valence electrons. The van der Waals surface area contributed by atoms with E-state index in [-0.39, 0.29) is 24.4 Å². The fraction of sp³-hybridized carbons (Fsp3) is 0.350. The lowest BCUT2D eigenvalue weighted by molar-refractivity contribution is -0.0115. The number of likely N-dealkylation sites (N-methyl/N-ethyl adjacent to an activating group) is 1. The number of benzene rings is 1. The monoisotopic (exact) mass is 437 g/mol. The second-order valence-electron chi connectivity index (χ2n) is 7.42. The third-order valence-electron chi connectivity index (χ3n) is 5.65. The van der Waals surface area contributed by atoms with Crippen LogP contribution in [-0.2, 0) is 11.3 Å². The number of carbonyl (C=O) groups excluding carboxylic acids is 2. The van der Waals surface area contributed by atoms with Gasteiger partial charge in [0.15, 0.2) is 11.4 Å². The van der Waals surface area contributed by atoms with Crippen LogP contribution in [0.5, 0.6) is 5.75 Å². The summed E-state index contributed by atoms with van der Waals surface area (Å²) in [7, 11) is 1.54. The number of nitrogens with zero attached hydrogens (tertiary/aromatic N) is 2. The van der Waals surface area contributed by atoms with Gasteiger partial charge in [-0.2, -0.15) is 0 Å². The first-order chi connectivity index (χ1) is 14.7. The van der Waals surface area contributed by atoms with E-state index in [1.807, 2.05) is 0 Å². The van der Waals surface area contributed by atoms with E-state index in [1.165, 1.54) is 16.5 Å². The first-order valence-electron chi connectivity index (χ1n) is 9.45. The molecule has 1 saturated heterocycles. The zero-order chi connectivity index (χ0) is 22.4. The SMILES string of the molecule is CN1C(=O)c2c(O)c(=O)c(C(=O)NCc3c(F)cc(F)cc3F)cn2[C@@H]2CCOC[C@H]21. The van der Waals surface area contributed by atoms with Crippen LogP contribution >= 0.6 is 0 Å². The molecule has 8 nitrogen and oxygen atoms in total. The fourth-order valence-corrected chi connectivity index (χ4v) is 3.98. The molecule has 2 aromatic rings. The van der Waals surface area contributed by atoms with Gasteiger partial charge in [-0.15, -0.1) is 0 Å². The lowest BCUT2D eigenvalue weighted by Crippen LogP contribution is -2.54. The van der Waals surface area contributed by atoms with Crippen LogP contribution in [0.2, 0.25) is 0 Å². The quantitative estimate of drug-likeness (QED) is 0.755. The molecule has 0 bridgehead atoms. The molecule has 2 N–H and O–H groups in total. The average molecular weight is 437 g/mol. The Hall–Kier alpha value is -3.34. The molecule has 2 amide bonds. The number of aromatic nitrogens is 1. The predicted octanol–water partition coefficient (Wildman–Crippen LogP) is 1.32. The van der Waals surface area contributed by atoms with E-state index in [1.54, 1.807) is 0 Å². The molecule has 0 spiro atoms. The summed E-state index contributed by atoms with van der Waals surface area (Å²) in [6.07, 6.45) is 1.64. The van der Waals surface area contributed by atoms with Gasteiger partial charge >= 0.3 is 0 Å². The summed E-state index contributed by atoms with van der Waals surface area (Å²) >= 11 is 0. The lowest BCUT2D eigenvalue weighted by Gasteiger charge is -2.44. The third-order valence-corrected chi connectivity index (χ3v) is 5.65. The number of hydrogen-bond acceptors (Lipinski definition) is 5. The summed E-state index contributed by atoms with van der Waals surface area (Å²) in [6.45, 7) is -0.00957. The van der Waals surface area contributed by atoms with Crippen molar-refractivity contribution in [3.8, 4) is 5.75 Å². The van der Waals surface area contributed by atoms with Crippen molar-refractivity contribution in [3.63, 3.8) is 0 Å². The van der Waals surface area contributed by atoms with Gasteiger partial charge in [-0.05, 0) is 6.42 Å². The van der Waals surface area contributed by atoms with Crippen LogP contribution in [-0.4, -0.2) is 52.7 Å². The number of aromatic hydroxyl groups is 1. The van der Waals surface area contributed by atoms with Crippen molar-refractivity contribution in [1.29, 1.82) is 0 Å². The molecule has 31 heavy (non-hydrogen) atoms. The Labute approximate surface area is 173 Å². The van der Waals surface area contributed by atoms with Crippen LogP contribution in [0, 0.1) is 17.5 Å². The highest BCUT2D eigenvalue weighted by Gasteiger charge is 2.42. The van der Waals surface area contributed by atoms with Crippen LogP contribution in [0.15, 0.2) is 23.1 Å². The van der Waals surface area contributed by atoms with Gasteiger partial charge in [0.05, 0.1) is 18.7 Å². The van der Waals surface area contributed by atoms with Gasteiger partial charge in [-0.1, -0.05) is 0 Å². The Morgan fingerprint density at radius 3 is 2.58 bits per heavy atom. The highest BCUT2D eigenvalue weighted by atomic mass is 19.1. The van der Waals surface area contributed by atoms with E-state index in [0.717, 1.165) is 6.20 Å². The van der Waals surface area contributed by atoms with Crippen LogP contribution in [0.3, 0.4) is 0 Å². The first kappa shape index (κ1) is 20.9. The Kier molecular flexibility index (Phi) is 5.21. The van der Waals surface area contributed by atoms with E-state index < -0.39 is 58.1 Å². The molecule has 0 radical (unpaired) electrons. The maximum atomic E-state index is 13.8. The minimum atomic E-state index is -1.19. The zero-order valence-electron chi connectivity index (χ0n) is 16.3. The van der Waals surface area contributed by atoms with Gasteiger partial charge in [0.2, 0.25) is 5.43 Å². The van der Waals surface area contributed by atoms with Crippen LogP contribution in [0.1, 0.15) is 38.9 Å². The molecular formula is C20H18F3N3O5. The number of fused-ring (bicyclic) bond motifs is 3. The van der Waals surface area contributed by atoms with Gasteiger partial charge in [0, 0.05) is 44.1 Å². The summed E-state index contributed by atoms with van der Waals surface area (Å²) in [6, 6.07) is 0.250. The average Bonchev–Trinajstić information content (AvgIpc) is 2.73. The number of pyridine rings is 1. The Bertz CT molecular complexity index is 1130. The topological polar surface area (TPSA) is 101 Å². The van der Waals surface area contributed by atoms with Crippen molar-refractivity contribution in [3.05, 3.63) is 62.8 Å². The van der Waals surface area contributed by atoms with Crippen molar-refractivity contribution in [2.75, 3.05) is 20.3 Å². The number of nitrogens with one attached hydrogen (secondary N) is 1. The predicted molar refractivity (Wildman–Crippen MR) is 100 cm³/mol. The van der Waals surface area contributed by atoms with Crippen molar-refractivity contribution in [2.24, 2.45) is 0 Å². The fourth-order valence-electron chi connectivity index (χ4n) is 3.98. The smallest absolute Gasteiger partial charge is 0.274 e. The molecule has 1 aromatic heterocycles. The van der Waals surface area contributed by atoms with E-state index in [2.05, 4.69) is 5.32 Å². The van der Waals surface area contributed by atoms with Crippen molar-refractivity contribution >= 4 is 11.8 Å². The summed E-state index contributed by atoms with van der Waals surface area (Å²) in [5.41, 5.74) is -2.40. The van der Waals surface area contributed by atoms with Gasteiger partial charge < -0.3 is 24.6 Å². The molecular weight excluding hydrogens is 419 g/mol. The maximum Gasteiger partial charge on any atom is 0.274 e. The Morgan fingerprint density at radius 1 is 1.23 bits per heavy atom. The molecule has 0 unspecified atom stereocenters. The van der Waals surface area contributed by atoms with Gasteiger partial charge in [0.1, 0.15) is 23.0 Å². The molecule has 4 rings (SSSR count). The Balaban J connectivity index is 1.69. The number of halogens is 3. The maximum absolute atomic E-state index is 13.8. The van der Waals surface area contributed by atoms with Crippen LogP contribution in [0.4, 0.5) is 13.2 Å². The largest absolute Gasteiger partial charge is 0.503 e. The molecule has 3 heterocycles. The second-order valence-corrected chi connectivity index (χ2v) is 7.42. The van der Waals surface area contributed by atoms with Crippen LogP contribution < -0.4 is 10.7 Å². The van der Waals surface area contributed by atoms with E-state index in [0.29, 0.717) is 25.2 Å². The molecule has 0 aliphatic carbocycles. The molecule has 0 saturated carbocycles. The van der Waals surface area contributed by atoms with E-state index in [4.69, 9.17) is 4.74 Å². The highest BCUT2D eigenvalue weighted by Crippen LogP contribution is 2.34. The van der Waals surface area contributed by atoms with Crippen LogP contribution in [0.25, 0.3) is 0 Å². The van der Waals surface area contributed by atoms with Gasteiger partial charge in [-0.25, -0.2) is 13.2 Å². The number of hydrogen-bond donors (Lipinski definition) is 2. The zero-order valence-corrected chi connectivity index (χ0v) is 16.3. The lowest BCUT2D eigenvalue weighted by atomic mass is 9.96. The van der Waals surface area contributed by atoms with E-state index >= 15 is 0 Å². The highest BCUT2D eigenvalue weighted by molar-refractivity contribution is 5.99. The third kappa shape index (κ3) is 3.44. The number of carbonyl (C=O) groups is 2. The minimum Gasteiger partial charge on any atom is -0.503 e. The van der Waals surface area contributed by atoms with Crippen molar-refractivity contribution in [2.45, 2.75) is 25.0 Å². The van der Waals surface area contributed by atoms with Crippen molar-refractivity contribution < 1.29 is 32.6 Å². The molecule has 11 heteroatoms. The summed E-state index contributed by atoms with van der Waals surface area (Å²) in [4.78, 5) is 39.2. The molecule has 1 aromatic carbocycles. The summed E-state index contributed by atoms with van der Waals surface area (Å²) in [5.74, 6) is -5.97. The summed E-state index contributed by atoms with van der Waals surface area (Å²) < 4.78 is 47.5.